The van der Waals surface area contributed by atoms with Crippen LogP contribution in [0.3, 0.4) is 0 Å². The fourth-order valence-electron chi connectivity index (χ4n) is 2.09. The largest absolute Gasteiger partial charge is 0.478 e. The Balaban J connectivity index is 2.01. The maximum absolute atomic E-state index is 11.8. The van der Waals surface area contributed by atoms with E-state index >= 15 is 0 Å². The van der Waals surface area contributed by atoms with E-state index in [1.54, 1.807) is 22.7 Å². The number of carbonyl (C=O) groups is 1. The van der Waals surface area contributed by atoms with Crippen molar-refractivity contribution in [2.75, 3.05) is 19.7 Å². The van der Waals surface area contributed by atoms with E-state index in [-0.39, 0.29) is 29.6 Å². The first kappa shape index (κ1) is 13.9. The lowest BCUT2D eigenvalue weighted by molar-refractivity contribution is -0.132. The second-order valence-corrected chi connectivity index (χ2v) is 4.88. The second-order valence-electron chi connectivity index (χ2n) is 4.61. The Labute approximate surface area is 116 Å². The highest BCUT2D eigenvalue weighted by atomic mass is 35.5. The van der Waals surface area contributed by atoms with Gasteiger partial charge < -0.3 is 14.2 Å². The lowest BCUT2D eigenvalue weighted by Crippen LogP contribution is -2.32. The molecule has 104 valence electrons. The van der Waals surface area contributed by atoms with Crippen molar-refractivity contribution in [1.82, 2.24) is 9.47 Å². The van der Waals surface area contributed by atoms with Gasteiger partial charge in [-0.25, -0.2) is 0 Å². The first-order valence-electron chi connectivity index (χ1n) is 6.28. The average Bonchev–Trinajstić information content (AvgIpc) is 2.93. The maximum atomic E-state index is 11.8. The van der Waals surface area contributed by atoms with E-state index in [9.17, 15) is 9.59 Å². The minimum Gasteiger partial charge on any atom is -0.478 e. The monoisotopic (exact) mass is 284 g/mol. The molecule has 0 bridgehead atoms. The smallest absolute Gasteiger partial charge is 0.260 e. The summed E-state index contributed by atoms with van der Waals surface area (Å²) in [6.07, 6.45) is 3.65. The number of halogens is 1. The molecule has 0 atom stereocenters. The topological polar surface area (TPSA) is 51.5 Å². The first-order valence-corrected chi connectivity index (χ1v) is 6.81. The lowest BCUT2D eigenvalue weighted by Gasteiger charge is -2.15. The molecule has 1 amide bonds. The summed E-state index contributed by atoms with van der Waals surface area (Å²) in [7, 11) is 1.78. The number of pyridine rings is 1. The van der Waals surface area contributed by atoms with Crippen LogP contribution in [0.5, 0.6) is 5.75 Å². The first-order chi connectivity index (χ1) is 9.11. The van der Waals surface area contributed by atoms with E-state index < -0.39 is 0 Å². The Morgan fingerprint density at radius 2 is 2.11 bits per heavy atom. The van der Waals surface area contributed by atoms with Gasteiger partial charge in [-0.15, -0.1) is 11.6 Å². The van der Waals surface area contributed by atoms with Crippen LogP contribution in [-0.4, -0.2) is 35.1 Å². The molecule has 1 aromatic rings. The average molecular weight is 285 g/mol. The van der Waals surface area contributed by atoms with E-state index in [2.05, 4.69) is 0 Å². The van der Waals surface area contributed by atoms with Crippen molar-refractivity contribution in [3.8, 4) is 5.75 Å². The van der Waals surface area contributed by atoms with E-state index in [0.29, 0.717) is 5.69 Å². The number of ether oxygens (including phenoxy) is 1. The van der Waals surface area contributed by atoms with Crippen LogP contribution in [-0.2, 0) is 17.7 Å². The van der Waals surface area contributed by atoms with Crippen LogP contribution < -0.4 is 10.2 Å². The summed E-state index contributed by atoms with van der Waals surface area (Å²) in [5.41, 5.74) is 0.466. The summed E-state index contributed by atoms with van der Waals surface area (Å²) in [6, 6.07) is 1.43. The van der Waals surface area contributed by atoms with Gasteiger partial charge in [0, 0.05) is 31.9 Å². The van der Waals surface area contributed by atoms with Gasteiger partial charge >= 0.3 is 0 Å². The van der Waals surface area contributed by atoms with Crippen LogP contribution in [0.25, 0.3) is 0 Å². The molecular formula is C13H17ClN2O3. The van der Waals surface area contributed by atoms with Gasteiger partial charge in [0.05, 0.1) is 12.1 Å². The number of alkyl halides is 1. The number of nitrogens with zero attached hydrogens (tertiary/aromatic N) is 2. The highest BCUT2D eigenvalue weighted by Gasteiger charge is 2.18. The molecule has 1 aliphatic rings. The van der Waals surface area contributed by atoms with Gasteiger partial charge in [0.2, 0.25) is 5.43 Å². The van der Waals surface area contributed by atoms with Crippen LogP contribution >= 0.6 is 11.6 Å². The standard InChI is InChI=1S/C13H17ClN2O3/c1-15-8-12(11(17)6-10(15)7-14)19-9-13(18)16-4-2-3-5-16/h6,8H,2-5,7,9H2,1H3. The highest BCUT2D eigenvalue weighted by Crippen LogP contribution is 2.10. The van der Waals surface area contributed by atoms with Crippen LogP contribution in [0.15, 0.2) is 17.1 Å². The molecule has 1 aromatic heterocycles. The predicted octanol–water partition coefficient (Wildman–Crippen LogP) is 1.13. The summed E-state index contributed by atoms with van der Waals surface area (Å²) in [4.78, 5) is 25.3. The van der Waals surface area contributed by atoms with Crippen LogP contribution in [0, 0.1) is 0 Å². The van der Waals surface area contributed by atoms with Gasteiger partial charge in [0.25, 0.3) is 5.91 Å². The minimum atomic E-state index is -0.247. The molecule has 2 rings (SSSR count). The zero-order valence-electron chi connectivity index (χ0n) is 10.9. The van der Waals surface area contributed by atoms with Crippen molar-refractivity contribution in [2.45, 2.75) is 18.7 Å². The molecule has 0 N–H and O–H groups in total. The third-order valence-electron chi connectivity index (χ3n) is 3.25. The summed E-state index contributed by atoms with van der Waals surface area (Å²) in [5.74, 6) is 0.378. The second kappa shape index (κ2) is 6.10. The number of carbonyl (C=O) groups excluding carboxylic acids is 1. The van der Waals surface area contributed by atoms with Crippen molar-refractivity contribution >= 4 is 17.5 Å². The molecular weight excluding hydrogens is 268 g/mol. The van der Waals surface area contributed by atoms with Crippen molar-refractivity contribution < 1.29 is 9.53 Å². The Bertz CT molecular complexity index is 521. The molecule has 1 saturated heterocycles. The Morgan fingerprint density at radius 1 is 1.42 bits per heavy atom. The van der Waals surface area contributed by atoms with Crippen molar-refractivity contribution in [3.05, 3.63) is 28.2 Å². The zero-order chi connectivity index (χ0) is 13.8. The molecule has 1 fully saturated rings. The number of likely N-dealkylation sites (tertiary alicyclic amines) is 1. The number of hydrogen-bond acceptors (Lipinski definition) is 3. The van der Waals surface area contributed by atoms with E-state index in [4.69, 9.17) is 16.3 Å². The van der Waals surface area contributed by atoms with Gasteiger partial charge in [-0.3, -0.25) is 9.59 Å². The normalized spacial score (nSPS) is 14.7. The molecule has 0 saturated carbocycles. The molecule has 5 nitrogen and oxygen atoms in total. The Morgan fingerprint density at radius 3 is 2.74 bits per heavy atom. The molecule has 2 heterocycles. The molecule has 0 aliphatic carbocycles. The summed E-state index contributed by atoms with van der Waals surface area (Å²) in [6.45, 7) is 1.48. The van der Waals surface area contributed by atoms with Gasteiger partial charge in [-0.1, -0.05) is 0 Å². The third kappa shape index (κ3) is 3.29. The molecule has 0 unspecified atom stereocenters. The Kier molecular flexibility index (Phi) is 4.47. The van der Waals surface area contributed by atoms with E-state index in [0.717, 1.165) is 25.9 Å². The molecule has 19 heavy (non-hydrogen) atoms. The predicted molar refractivity (Wildman–Crippen MR) is 72.5 cm³/mol. The van der Waals surface area contributed by atoms with Gasteiger partial charge in [-0.2, -0.15) is 0 Å². The van der Waals surface area contributed by atoms with Gasteiger partial charge in [0.1, 0.15) is 0 Å². The minimum absolute atomic E-state index is 0.0685. The van der Waals surface area contributed by atoms with Gasteiger partial charge in [0.15, 0.2) is 12.4 Å². The van der Waals surface area contributed by atoms with Crippen molar-refractivity contribution in [1.29, 1.82) is 0 Å². The Hall–Kier alpha value is -1.49. The van der Waals surface area contributed by atoms with Crippen LogP contribution in [0.2, 0.25) is 0 Å². The van der Waals surface area contributed by atoms with Crippen molar-refractivity contribution in [2.24, 2.45) is 7.05 Å². The van der Waals surface area contributed by atoms with Crippen LogP contribution in [0.4, 0.5) is 0 Å². The highest BCUT2D eigenvalue weighted by molar-refractivity contribution is 6.16. The number of aromatic nitrogens is 1. The van der Waals surface area contributed by atoms with E-state index in [1.165, 1.54) is 6.07 Å². The number of hydrogen-bond donors (Lipinski definition) is 0. The van der Waals surface area contributed by atoms with E-state index in [1.807, 2.05) is 0 Å². The van der Waals surface area contributed by atoms with Gasteiger partial charge in [-0.05, 0) is 12.8 Å². The molecule has 6 heteroatoms. The SMILES string of the molecule is Cn1cc(OCC(=O)N2CCCC2)c(=O)cc1CCl. The quantitative estimate of drug-likeness (QED) is 0.779. The van der Waals surface area contributed by atoms with Crippen molar-refractivity contribution in [3.63, 3.8) is 0 Å². The molecule has 0 aromatic carbocycles. The summed E-state index contributed by atoms with van der Waals surface area (Å²) in [5, 5.41) is 0. The fourth-order valence-corrected chi connectivity index (χ4v) is 2.35. The van der Waals surface area contributed by atoms with Crippen LogP contribution in [0.1, 0.15) is 18.5 Å². The summed E-state index contributed by atoms with van der Waals surface area (Å²) < 4.78 is 7.05. The number of amides is 1. The fraction of sp³-hybridized carbons (Fsp3) is 0.538. The third-order valence-corrected chi connectivity index (χ3v) is 3.53. The zero-order valence-corrected chi connectivity index (χ0v) is 11.7. The molecule has 0 radical (unpaired) electrons. The number of aryl methyl sites for hydroxylation is 1. The summed E-state index contributed by atoms with van der Waals surface area (Å²) >= 11 is 5.71. The lowest BCUT2D eigenvalue weighted by atomic mass is 10.3. The molecule has 1 aliphatic heterocycles. The molecule has 0 spiro atoms. The maximum Gasteiger partial charge on any atom is 0.260 e. The number of rotatable bonds is 4.